The summed E-state index contributed by atoms with van der Waals surface area (Å²) in [5, 5.41) is 2.68. The number of nitrogens with zero attached hydrogens (tertiary/aromatic N) is 1. The van der Waals surface area contributed by atoms with Crippen LogP contribution in [-0.2, 0) is 4.79 Å². The Kier molecular flexibility index (Phi) is 6.57. The number of hydrogen-bond donors (Lipinski definition) is 1. The Morgan fingerprint density at radius 1 is 1.37 bits per heavy atom. The fourth-order valence-electron chi connectivity index (χ4n) is 2.06. The average Bonchev–Trinajstić information content (AvgIpc) is 2.57. The highest BCUT2D eigenvalue weighted by molar-refractivity contribution is 8.03. The van der Waals surface area contributed by atoms with Crippen LogP contribution in [-0.4, -0.2) is 25.4 Å². The van der Waals surface area contributed by atoms with Gasteiger partial charge in [-0.3, -0.25) is 4.79 Å². The average molecular weight is 348 g/mol. The van der Waals surface area contributed by atoms with Crippen molar-refractivity contribution in [1.82, 2.24) is 9.62 Å². The van der Waals surface area contributed by atoms with Crippen molar-refractivity contribution in [2.45, 2.75) is 48.7 Å². The van der Waals surface area contributed by atoms with Crippen molar-refractivity contribution in [1.29, 1.82) is 0 Å². The fraction of sp³-hybridized carbons (Fsp3) is 0.818. The Hall–Kier alpha value is 0.160. The van der Waals surface area contributed by atoms with Gasteiger partial charge in [0.15, 0.2) is 0 Å². The van der Waals surface area contributed by atoms with Crippen LogP contribution in [0.2, 0.25) is 0 Å². The lowest BCUT2D eigenvalue weighted by atomic mass is 9.91. The number of unbranched alkanes of at least 4 members (excludes halogenated alkanes) is 1. The molecule has 0 saturated carbocycles. The molecule has 1 aliphatic heterocycles. The van der Waals surface area contributed by atoms with Gasteiger partial charge < -0.3 is 5.32 Å². The highest BCUT2D eigenvalue weighted by Gasteiger charge is 2.45. The lowest BCUT2D eigenvalue weighted by Crippen LogP contribution is -2.36. The third-order valence-corrected chi connectivity index (χ3v) is 4.41. The van der Waals surface area contributed by atoms with Crippen LogP contribution in [0.4, 0.5) is 4.79 Å². The van der Waals surface area contributed by atoms with Gasteiger partial charge >= 0.3 is 6.03 Å². The van der Waals surface area contributed by atoms with Gasteiger partial charge in [0, 0.05) is 11.9 Å². The molecule has 0 radical (unpaired) electrons. The van der Waals surface area contributed by atoms with E-state index in [0.29, 0.717) is 11.9 Å². The minimum Gasteiger partial charge on any atom is -0.325 e. The largest absolute Gasteiger partial charge is 0.335 e. The summed E-state index contributed by atoms with van der Waals surface area (Å²) in [7, 11) is 0. The van der Waals surface area contributed by atoms with Crippen molar-refractivity contribution in [3.05, 3.63) is 0 Å². The number of imide groups is 1. The molecule has 2 atom stereocenters. The van der Waals surface area contributed by atoms with Gasteiger partial charge in [-0.25, -0.2) is 4.79 Å². The van der Waals surface area contributed by atoms with Crippen LogP contribution in [0.25, 0.3) is 0 Å². The highest BCUT2D eigenvalue weighted by Crippen LogP contribution is 2.42. The molecular formula is C11H17Cl3N2O2S. The molecule has 1 fully saturated rings. The summed E-state index contributed by atoms with van der Waals surface area (Å²) in [6.07, 6.45) is 3.80. The normalized spacial score (nSPS) is 21.7. The van der Waals surface area contributed by atoms with Gasteiger partial charge in [0.2, 0.25) is 0 Å². The van der Waals surface area contributed by atoms with Crippen LogP contribution in [0.1, 0.15) is 39.5 Å². The van der Waals surface area contributed by atoms with Gasteiger partial charge in [0.05, 0.1) is 0 Å². The molecule has 1 heterocycles. The lowest BCUT2D eigenvalue weighted by Gasteiger charge is -2.20. The van der Waals surface area contributed by atoms with E-state index in [1.165, 1.54) is 0 Å². The van der Waals surface area contributed by atoms with Crippen LogP contribution in [0, 0.1) is 5.92 Å². The molecule has 0 aromatic carbocycles. The zero-order valence-electron chi connectivity index (χ0n) is 10.8. The molecule has 1 saturated heterocycles. The van der Waals surface area contributed by atoms with Crippen LogP contribution in [0.15, 0.2) is 0 Å². The van der Waals surface area contributed by atoms with E-state index >= 15 is 0 Å². The first-order valence-electron chi connectivity index (χ1n) is 6.20. The Morgan fingerprint density at radius 2 is 2.00 bits per heavy atom. The van der Waals surface area contributed by atoms with Gasteiger partial charge in [-0.1, -0.05) is 67.9 Å². The van der Waals surface area contributed by atoms with Gasteiger partial charge in [-0.05, 0) is 12.3 Å². The maximum absolute atomic E-state index is 12.2. The lowest BCUT2D eigenvalue weighted by molar-refractivity contribution is -0.125. The van der Waals surface area contributed by atoms with E-state index in [9.17, 15) is 9.59 Å². The summed E-state index contributed by atoms with van der Waals surface area (Å²) in [5.41, 5.74) is 0. The molecule has 0 aliphatic carbocycles. The molecule has 0 aromatic heterocycles. The summed E-state index contributed by atoms with van der Waals surface area (Å²) < 4.78 is -0.820. The van der Waals surface area contributed by atoms with E-state index < -0.39 is 15.2 Å². The van der Waals surface area contributed by atoms with Gasteiger partial charge in [-0.15, -0.1) is 0 Å². The van der Waals surface area contributed by atoms with E-state index in [2.05, 4.69) is 12.2 Å². The predicted molar refractivity (Wildman–Crippen MR) is 80.4 cm³/mol. The van der Waals surface area contributed by atoms with Crippen LogP contribution in [0.3, 0.4) is 0 Å². The number of carbonyl (C=O) groups excluding carboxylic acids is 2. The summed E-state index contributed by atoms with van der Waals surface area (Å²) in [4.78, 5) is 24.0. The molecular weight excluding hydrogens is 331 g/mol. The van der Waals surface area contributed by atoms with Crippen molar-refractivity contribution in [3.8, 4) is 0 Å². The van der Waals surface area contributed by atoms with E-state index in [1.54, 1.807) is 0 Å². The molecule has 1 rings (SSSR count). The van der Waals surface area contributed by atoms with E-state index in [1.807, 2.05) is 6.92 Å². The topological polar surface area (TPSA) is 49.4 Å². The smallest absolute Gasteiger partial charge is 0.325 e. The summed E-state index contributed by atoms with van der Waals surface area (Å²) in [6, 6.07) is -1.02. The zero-order chi connectivity index (χ0) is 14.6. The van der Waals surface area contributed by atoms with Crippen LogP contribution >= 0.6 is 46.8 Å². The van der Waals surface area contributed by atoms with E-state index in [0.717, 1.165) is 30.0 Å². The maximum atomic E-state index is 12.2. The van der Waals surface area contributed by atoms with Gasteiger partial charge in [0.25, 0.3) is 9.03 Å². The molecule has 4 nitrogen and oxygen atoms in total. The van der Waals surface area contributed by atoms with Crippen molar-refractivity contribution in [3.63, 3.8) is 0 Å². The molecule has 110 valence electrons. The Morgan fingerprint density at radius 3 is 2.47 bits per heavy atom. The number of amides is 3. The second-order valence-electron chi connectivity index (χ2n) is 4.41. The summed E-state index contributed by atoms with van der Waals surface area (Å²) in [5.74, 6) is -0.207. The molecule has 0 bridgehead atoms. The number of rotatable bonds is 6. The van der Waals surface area contributed by atoms with Crippen molar-refractivity contribution in [2.75, 3.05) is 0 Å². The monoisotopic (exact) mass is 346 g/mol. The Bertz CT molecular complexity index is 349. The third-order valence-electron chi connectivity index (χ3n) is 3.05. The first kappa shape index (κ1) is 17.2. The van der Waals surface area contributed by atoms with Gasteiger partial charge in [0.1, 0.15) is 6.04 Å². The fourth-order valence-corrected chi connectivity index (χ4v) is 3.23. The van der Waals surface area contributed by atoms with Gasteiger partial charge in [-0.2, -0.15) is 4.31 Å². The maximum Gasteiger partial charge on any atom is 0.335 e. The minimum atomic E-state index is -1.73. The zero-order valence-corrected chi connectivity index (χ0v) is 13.9. The molecule has 1 aliphatic rings. The molecule has 0 aromatic rings. The van der Waals surface area contributed by atoms with Crippen molar-refractivity contribution < 1.29 is 9.59 Å². The molecule has 19 heavy (non-hydrogen) atoms. The SMILES string of the molecule is CCCCC(CC)C1NC(=O)N(SC(Cl)(Cl)Cl)C1=O. The highest BCUT2D eigenvalue weighted by atomic mass is 35.6. The number of halogens is 3. The van der Waals surface area contributed by atoms with Crippen LogP contribution < -0.4 is 5.32 Å². The minimum absolute atomic E-state index is 0.123. The number of hydrogen-bond acceptors (Lipinski definition) is 3. The molecule has 8 heteroatoms. The third kappa shape index (κ3) is 4.88. The number of alkyl halides is 3. The molecule has 3 amide bonds. The standard InChI is InChI=1S/C11H17Cl3N2O2S/c1-3-5-6-7(4-2)8-9(17)16(10(18)15-8)19-11(12,13)14/h7-8H,3-6H2,1-2H3,(H,15,18). The number of carbonyl (C=O) groups is 2. The quantitative estimate of drug-likeness (QED) is 0.447. The summed E-state index contributed by atoms with van der Waals surface area (Å²) >= 11 is 17.4. The predicted octanol–water partition coefficient (Wildman–Crippen LogP) is 4.10. The van der Waals surface area contributed by atoms with Crippen molar-refractivity contribution >= 4 is 58.7 Å². The Balaban J connectivity index is 2.73. The first-order valence-corrected chi connectivity index (χ1v) is 8.11. The molecule has 1 N–H and O–H groups in total. The molecule has 2 unspecified atom stereocenters. The first-order chi connectivity index (χ1) is 8.80. The number of urea groups is 1. The Labute approximate surface area is 132 Å². The van der Waals surface area contributed by atoms with Crippen LogP contribution in [0.5, 0.6) is 0 Å². The van der Waals surface area contributed by atoms with E-state index in [4.69, 9.17) is 34.8 Å². The molecule has 0 spiro atoms. The second kappa shape index (κ2) is 7.25. The summed E-state index contributed by atoms with van der Waals surface area (Å²) in [6.45, 7) is 4.09. The van der Waals surface area contributed by atoms with E-state index in [-0.39, 0.29) is 11.8 Å². The number of nitrogens with one attached hydrogen (secondary N) is 1. The van der Waals surface area contributed by atoms with Crippen molar-refractivity contribution in [2.24, 2.45) is 5.92 Å². The second-order valence-corrected chi connectivity index (χ2v) is 8.52.